The zero-order valence-electron chi connectivity index (χ0n) is 18.8. The average Bonchev–Trinajstić information content (AvgIpc) is 2.39. The molecule has 27 heavy (non-hydrogen) atoms. The number of hydrogen-bond donors (Lipinski definition) is 0. The minimum atomic E-state index is -2.35. The summed E-state index contributed by atoms with van der Waals surface area (Å²) < 4.78 is 23.1. The SMILES string of the molecule is CCOC(=O)C(C(=O)OCCC[Si](C)(O[Si](C)(C)C)O[Si](C)(C)C)=C(C)C. The fourth-order valence-electron chi connectivity index (χ4n) is 2.74. The number of carbonyl (C=O) groups excluding carboxylic acids is 2. The summed E-state index contributed by atoms with van der Waals surface area (Å²) in [7, 11) is -5.84. The van der Waals surface area contributed by atoms with Gasteiger partial charge < -0.3 is 17.7 Å². The number of hydrogen-bond acceptors (Lipinski definition) is 6. The molecule has 0 fully saturated rings. The smallest absolute Gasteiger partial charge is 0.345 e. The second kappa shape index (κ2) is 10.7. The van der Waals surface area contributed by atoms with Crippen LogP contribution in [0.1, 0.15) is 27.2 Å². The maximum absolute atomic E-state index is 12.3. The number of ether oxygens (including phenoxy) is 2. The third kappa shape index (κ3) is 11.6. The summed E-state index contributed by atoms with van der Waals surface area (Å²) in [6.07, 6.45) is 0.641. The van der Waals surface area contributed by atoms with Crippen LogP contribution in [0, 0.1) is 0 Å². The highest BCUT2D eigenvalue weighted by molar-refractivity contribution is 6.87. The number of allylic oxidation sites excluding steroid dienone is 1. The Kier molecular flexibility index (Phi) is 10.4. The quantitative estimate of drug-likeness (QED) is 0.118. The Hall–Kier alpha value is -0.749. The predicted octanol–water partition coefficient (Wildman–Crippen LogP) is 4.59. The lowest BCUT2D eigenvalue weighted by atomic mass is 10.1. The van der Waals surface area contributed by atoms with Crippen LogP contribution in [0.25, 0.3) is 0 Å². The largest absolute Gasteiger partial charge is 0.462 e. The molecule has 0 aliphatic rings. The van der Waals surface area contributed by atoms with Gasteiger partial charge in [0.05, 0.1) is 13.2 Å². The first-order valence-corrected chi connectivity index (χ1v) is 18.9. The molecule has 0 aromatic rings. The van der Waals surface area contributed by atoms with E-state index in [-0.39, 0.29) is 18.8 Å². The van der Waals surface area contributed by atoms with Crippen LogP contribution in [0.5, 0.6) is 0 Å². The van der Waals surface area contributed by atoms with Crippen molar-refractivity contribution in [3.63, 3.8) is 0 Å². The van der Waals surface area contributed by atoms with E-state index in [0.717, 1.165) is 6.04 Å². The lowest BCUT2D eigenvalue weighted by Gasteiger charge is -2.38. The van der Waals surface area contributed by atoms with Gasteiger partial charge in [-0.05, 0) is 79.1 Å². The van der Waals surface area contributed by atoms with Crippen LogP contribution in [0.2, 0.25) is 51.9 Å². The molecule has 0 saturated carbocycles. The van der Waals surface area contributed by atoms with Crippen LogP contribution in [0.15, 0.2) is 11.1 Å². The summed E-state index contributed by atoms with van der Waals surface area (Å²) in [5, 5.41) is 0. The van der Waals surface area contributed by atoms with Crippen LogP contribution in [0.4, 0.5) is 0 Å². The molecule has 0 atom stereocenters. The van der Waals surface area contributed by atoms with Crippen molar-refractivity contribution in [2.45, 2.75) is 79.1 Å². The van der Waals surface area contributed by atoms with Gasteiger partial charge in [0, 0.05) is 0 Å². The van der Waals surface area contributed by atoms with E-state index in [1.165, 1.54) is 0 Å². The first-order chi connectivity index (χ1) is 12.1. The zero-order chi connectivity index (χ0) is 21.5. The van der Waals surface area contributed by atoms with E-state index in [1.54, 1.807) is 20.8 Å². The average molecular weight is 435 g/mol. The van der Waals surface area contributed by atoms with Gasteiger partial charge in [-0.1, -0.05) is 5.57 Å². The molecule has 0 unspecified atom stereocenters. The Morgan fingerprint density at radius 3 is 1.59 bits per heavy atom. The zero-order valence-corrected chi connectivity index (χ0v) is 21.8. The summed E-state index contributed by atoms with van der Waals surface area (Å²) in [4.78, 5) is 24.2. The van der Waals surface area contributed by atoms with Crippen LogP contribution in [0.3, 0.4) is 0 Å². The van der Waals surface area contributed by atoms with Gasteiger partial charge in [0.15, 0.2) is 16.6 Å². The monoisotopic (exact) mass is 434 g/mol. The summed E-state index contributed by atoms with van der Waals surface area (Å²) >= 11 is 0. The Bertz CT molecular complexity index is 526. The molecular weight excluding hydrogens is 396 g/mol. The van der Waals surface area contributed by atoms with Crippen LogP contribution in [-0.2, 0) is 27.3 Å². The topological polar surface area (TPSA) is 71.1 Å². The van der Waals surface area contributed by atoms with Gasteiger partial charge in [-0.25, -0.2) is 9.59 Å². The molecule has 0 N–H and O–H groups in total. The van der Waals surface area contributed by atoms with Gasteiger partial charge in [-0.15, -0.1) is 0 Å². The minimum Gasteiger partial charge on any atom is -0.462 e. The second-order valence-electron chi connectivity index (χ2n) is 8.90. The number of rotatable bonds is 11. The molecule has 0 saturated heterocycles. The molecule has 0 rings (SSSR count). The molecule has 9 heteroatoms. The number of carbonyl (C=O) groups is 2. The van der Waals surface area contributed by atoms with Crippen LogP contribution in [-0.4, -0.2) is 50.3 Å². The van der Waals surface area contributed by atoms with Crippen molar-refractivity contribution in [1.82, 2.24) is 0 Å². The highest BCUT2D eigenvalue weighted by Crippen LogP contribution is 2.25. The van der Waals surface area contributed by atoms with Gasteiger partial charge >= 0.3 is 20.5 Å². The summed E-state index contributed by atoms with van der Waals surface area (Å²) in [6.45, 7) is 20.6. The molecule has 0 radical (unpaired) electrons. The van der Waals surface area contributed by atoms with E-state index in [1.807, 2.05) is 0 Å². The van der Waals surface area contributed by atoms with Crippen molar-refractivity contribution >= 4 is 37.1 Å². The van der Waals surface area contributed by atoms with Crippen molar-refractivity contribution in [1.29, 1.82) is 0 Å². The first-order valence-electron chi connectivity index (χ1n) is 9.52. The molecule has 0 heterocycles. The van der Waals surface area contributed by atoms with Crippen molar-refractivity contribution < 1.29 is 27.3 Å². The van der Waals surface area contributed by atoms with Crippen molar-refractivity contribution in [3.05, 3.63) is 11.1 Å². The van der Waals surface area contributed by atoms with E-state index >= 15 is 0 Å². The van der Waals surface area contributed by atoms with E-state index in [9.17, 15) is 9.59 Å². The summed E-state index contributed by atoms with van der Waals surface area (Å²) in [6, 6.07) is 0.748. The van der Waals surface area contributed by atoms with Gasteiger partial charge in [-0.3, -0.25) is 0 Å². The maximum atomic E-state index is 12.3. The third-order valence-electron chi connectivity index (χ3n) is 3.24. The Morgan fingerprint density at radius 1 is 0.778 bits per heavy atom. The standard InChI is InChI=1S/C18H38O6Si3/c1-11-21-17(19)16(15(2)3)18(20)22-13-12-14-27(10,23-25(4,5)6)24-26(7,8)9/h11-14H2,1-10H3. The van der Waals surface area contributed by atoms with Gasteiger partial charge in [0.1, 0.15) is 5.57 Å². The third-order valence-corrected chi connectivity index (χ3v) is 12.9. The van der Waals surface area contributed by atoms with Gasteiger partial charge in [-0.2, -0.15) is 0 Å². The van der Waals surface area contributed by atoms with Gasteiger partial charge in [0.25, 0.3) is 0 Å². The molecule has 6 nitrogen and oxygen atoms in total. The molecule has 0 aromatic heterocycles. The van der Waals surface area contributed by atoms with Crippen LogP contribution < -0.4 is 0 Å². The predicted molar refractivity (Wildman–Crippen MR) is 116 cm³/mol. The molecule has 0 amide bonds. The molecule has 0 bridgehead atoms. The first kappa shape index (κ1) is 26.3. The lowest BCUT2D eigenvalue weighted by molar-refractivity contribution is -0.147. The molecule has 0 aromatic carbocycles. The molecular formula is C18H38O6Si3. The minimum absolute atomic E-state index is 0.0199. The maximum Gasteiger partial charge on any atom is 0.345 e. The Balaban J connectivity index is 4.87. The normalized spacial score (nSPS) is 12.5. The molecule has 0 spiro atoms. The Labute approximate surface area is 168 Å². The van der Waals surface area contributed by atoms with Crippen molar-refractivity contribution in [2.75, 3.05) is 13.2 Å². The van der Waals surface area contributed by atoms with E-state index in [2.05, 4.69) is 45.8 Å². The summed E-state index contributed by atoms with van der Waals surface area (Å²) in [5.74, 6) is -1.26. The van der Waals surface area contributed by atoms with E-state index < -0.39 is 37.1 Å². The second-order valence-corrected chi connectivity index (χ2v) is 21.7. The van der Waals surface area contributed by atoms with E-state index in [4.69, 9.17) is 17.7 Å². The molecule has 0 aliphatic heterocycles. The van der Waals surface area contributed by atoms with Crippen molar-refractivity contribution in [2.24, 2.45) is 0 Å². The van der Waals surface area contributed by atoms with Crippen LogP contribution >= 0.6 is 0 Å². The summed E-state index contributed by atoms with van der Waals surface area (Å²) in [5.41, 5.74) is 0.565. The lowest BCUT2D eigenvalue weighted by Crippen LogP contribution is -2.52. The number of esters is 2. The fraction of sp³-hybridized carbons (Fsp3) is 0.778. The fourth-order valence-corrected chi connectivity index (χ4v) is 15.3. The molecule has 158 valence electrons. The van der Waals surface area contributed by atoms with Gasteiger partial charge in [0.2, 0.25) is 0 Å². The highest BCUT2D eigenvalue weighted by atomic mass is 28.5. The van der Waals surface area contributed by atoms with E-state index in [0.29, 0.717) is 12.0 Å². The Morgan fingerprint density at radius 2 is 1.22 bits per heavy atom. The highest BCUT2D eigenvalue weighted by Gasteiger charge is 2.39. The molecule has 0 aliphatic carbocycles. The van der Waals surface area contributed by atoms with Crippen molar-refractivity contribution in [3.8, 4) is 0 Å².